The molecule has 0 N–H and O–H groups in total. The topological polar surface area (TPSA) is 74.1 Å². The van der Waals surface area contributed by atoms with Crippen LogP contribution in [0.15, 0.2) is 18.3 Å². The largest absolute Gasteiger partial charge is 0.311 e. The maximum absolute atomic E-state index is 11.9. The fraction of sp³-hybridized carbons (Fsp3) is 0.385. The average molecular weight is 275 g/mol. The summed E-state index contributed by atoms with van der Waals surface area (Å²) < 4.78 is 0. The highest BCUT2D eigenvalue weighted by atomic mass is 32.2. The Morgan fingerprint density at radius 2 is 2.42 bits per heavy atom. The monoisotopic (exact) mass is 275 g/mol. The number of hydrogen-bond acceptors (Lipinski definition) is 5. The normalized spacial score (nSPS) is 18.4. The van der Waals surface area contributed by atoms with E-state index < -0.39 is 0 Å². The maximum Gasteiger partial charge on any atom is 0.227 e. The van der Waals surface area contributed by atoms with Gasteiger partial charge in [0.2, 0.25) is 5.91 Å². The van der Waals surface area contributed by atoms with Crippen molar-refractivity contribution >= 4 is 28.5 Å². The molecule has 0 saturated carbocycles. The fourth-order valence-electron chi connectivity index (χ4n) is 1.99. The van der Waals surface area contributed by atoms with Gasteiger partial charge in [0.15, 0.2) is 5.12 Å². The molecule has 1 aromatic heterocycles. The Labute approximate surface area is 115 Å². The zero-order chi connectivity index (χ0) is 13.8. The van der Waals surface area contributed by atoms with E-state index in [0.717, 1.165) is 0 Å². The van der Waals surface area contributed by atoms with Crippen molar-refractivity contribution in [3.05, 3.63) is 24.0 Å². The first kappa shape index (κ1) is 13.6. The van der Waals surface area contributed by atoms with Crippen LogP contribution in [0.2, 0.25) is 0 Å². The molecule has 1 aliphatic heterocycles. The number of anilines is 1. The van der Waals surface area contributed by atoms with E-state index in [0.29, 0.717) is 30.1 Å². The zero-order valence-electron chi connectivity index (χ0n) is 10.5. The van der Waals surface area contributed by atoms with E-state index in [4.69, 9.17) is 5.26 Å². The van der Waals surface area contributed by atoms with E-state index in [9.17, 15) is 9.59 Å². The maximum atomic E-state index is 11.9. The van der Waals surface area contributed by atoms with Gasteiger partial charge in [0, 0.05) is 25.6 Å². The van der Waals surface area contributed by atoms with Gasteiger partial charge in [-0.05, 0) is 18.1 Å². The van der Waals surface area contributed by atoms with Crippen molar-refractivity contribution in [1.82, 2.24) is 4.98 Å². The number of nitriles is 1. The Hall–Kier alpha value is -1.87. The van der Waals surface area contributed by atoms with E-state index in [1.807, 2.05) is 6.07 Å². The number of carbonyl (C=O) groups is 2. The third-order valence-electron chi connectivity index (χ3n) is 2.90. The molecule has 1 atom stereocenters. The number of carbonyl (C=O) groups excluding carboxylic acids is 2. The molecule has 6 heteroatoms. The second-order valence-electron chi connectivity index (χ2n) is 4.39. The van der Waals surface area contributed by atoms with E-state index >= 15 is 0 Å². The van der Waals surface area contributed by atoms with Crippen LogP contribution in [-0.4, -0.2) is 28.3 Å². The molecule has 0 spiro atoms. The van der Waals surface area contributed by atoms with E-state index in [-0.39, 0.29) is 16.9 Å². The van der Waals surface area contributed by atoms with Crippen molar-refractivity contribution in [3.8, 4) is 6.07 Å². The van der Waals surface area contributed by atoms with Gasteiger partial charge in [0.05, 0.1) is 11.9 Å². The number of aromatic nitrogens is 1. The molecule has 5 nitrogen and oxygen atoms in total. The van der Waals surface area contributed by atoms with E-state index in [1.54, 1.807) is 17.0 Å². The summed E-state index contributed by atoms with van der Waals surface area (Å²) in [6, 6.07) is 5.27. The second-order valence-corrected chi connectivity index (χ2v) is 5.59. The molecule has 2 heterocycles. The smallest absolute Gasteiger partial charge is 0.227 e. The molecule has 1 aliphatic rings. The minimum absolute atomic E-state index is 0.0423. The Morgan fingerprint density at radius 1 is 1.63 bits per heavy atom. The van der Waals surface area contributed by atoms with Crippen LogP contribution in [0.3, 0.4) is 0 Å². The average Bonchev–Trinajstić information content (AvgIpc) is 2.78. The van der Waals surface area contributed by atoms with Gasteiger partial charge in [-0.3, -0.25) is 9.59 Å². The van der Waals surface area contributed by atoms with Crippen LogP contribution in [0.4, 0.5) is 5.69 Å². The fourth-order valence-corrected chi connectivity index (χ4v) is 2.68. The summed E-state index contributed by atoms with van der Waals surface area (Å²) >= 11 is 1.26. The van der Waals surface area contributed by atoms with Crippen LogP contribution in [-0.2, 0) is 9.59 Å². The van der Waals surface area contributed by atoms with Gasteiger partial charge in [-0.15, -0.1) is 0 Å². The lowest BCUT2D eigenvalue weighted by atomic mass is 10.1. The number of thioether (sulfide) groups is 1. The highest BCUT2D eigenvalue weighted by Crippen LogP contribution is 2.26. The zero-order valence-corrected chi connectivity index (χ0v) is 11.3. The Kier molecular flexibility index (Phi) is 4.17. The first-order valence-electron chi connectivity index (χ1n) is 5.90. The molecule has 1 amide bonds. The third kappa shape index (κ3) is 3.32. The number of nitrogens with zero attached hydrogens (tertiary/aromatic N) is 3. The first-order chi connectivity index (χ1) is 9.10. The molecule has 19 heavy (non-hydrogen) atoms. The number of rotatable bonds is 3. The summed E-state index contributed by atoms with van der Waals surface area (Å²) in [6.45, 7) is 2.14. The van der Waals surface area contributed by atoms with Crippen molar-refractivity contribution in [3.63, 3.8) is 0 Å². The molecule has 0 aromatic carbocycles. The molecule has 2 rings (SSSR count). The second kappa shape index (κ2) is 5.85. The van der Waals surface area contributed by atoms with E-state index in [1.165, 1.54) is 24.9 Å². The predicted molar refractivity (Wildman–Crippen MR) is 72.6 cm³/mol. The van der Waals surface area contributed by atoms with Gasteiger partial charge in [-0.25, -0.2) is 4.98 Å². The van der Waals surface area contributed by atoms with Crippen LogP contribution in [0.25, 0.3) is 0 Å². The molecule has 1 saturated heterocycles. The van der Waals surface area contributed by atoms with Crippen LogP contribution >= 0.6 is 11.8 Å². The Morgan fingerprint density at radius 3 is 3.00 bits per heavy atom. The van der Waals surface area contributed by atoms with Crippen molar-refractivity contribution in [2.24, 2.45) is 5.92 Å². The minimum atomic E-state index is 0.0423. The summed E-state index contributed by atoms with van der Waals surface area (Å²) in [5, 5.41) is 8.76. The number of pyridine rings is 1. The highest BCUT2D eigenvalue weighted by molar-refractivity contribution is 8.13. The lowest BCUT2D eigenvalue weighted by molar-refractivity contribution is -0.117. The molecule has 1 aromatic rings. The van der Waals surface area contributed by atoms with Gasteiger partial charge in [0.25, 0.3) is 0 Å². The number of amides is 1. The van der Waals surface area contributed by atoms with Gasteiger partial charge in [0.1, 0.15) is 11.8 Å². The van der Waals surface area contributed by atoms with Gasteiger partial charge in [-0.1, -0.05) is 11.8 Å². The molecule has 1 fully saturated rings. The van der Waals surface area contributed by atoms with E-state index in [2.05, 4.69) is 4.98 Å². The molecule has 0 radical (unpaired) electrons. The minimum Gasteiger partial charge on any atom is -0.311 e. The van der Waals surface area contributed by atoms with Gasteiger partial charge < -0.3 is 4.90 Å². The summed E-state index contributed by atoms with van der Waals surface area (Å²) in [5.41, 5.74) is 1.04. The van der Waals surface area contributed by atoms with Crippen molar-refractivity contribution in [2.45, 2.75) is 13.3 Å². The van der Waals surface area contributed by atoms with Crippen LogP contribution in [0.5, 0.6) is 0 Å². The van der Waals surface area contributed by atoms with Crippen LogP contribution < -0.4 is 4.90 Å². The van der Waals surface area contributed by atoms with Gasteiger partial charge in [-0.2, -0.15) is 5.26 Å². The molecule has 1 unspecified atom stereocenters. The first-order valence-corrected chi connectivity index (χ1v) is 6.88. The molecule has 98 valence electrons. The standard InChI is InChI=1S/C13H13N3O2S/c1-9(17)19-8-10-4-13(18)16(7-10)12-3-2-11(5-14)15-6-12/h2-3,6,10H,4,7-8H2,1H3. The van der Waals surface area contributed by atoms with Gasteiger partial charge >= 0.3 is 0 Å². The lowest BCUT2D eigenvalue weighted by Gasteiger charge is -2.16. The van der Waals surface area contributed by atoms with Crippen LogP contribution in [0, 0.1) is 17.2 Å². The predicted octanol–water partition coefficient (Wildman–Crippen LogP) is 1.59. The summed E-state index contributed by atoms with van der Waals surface area (Å²) in [5.74, 6) is 0.902. The Bertz CT molecular complexity index is 536. The molecular weight excluding hydrogens is 262 g/mol. The quantitative estimate of drug-likeness (QED) is 0.837. The lowest BCUT2D eigenvalue weighted by Crippen LogP contribution is -2.24. The van der Waals surface area contributed by atoms with Crippen molar-refractivity contribution in [2.75, 3.05) is 17.2 Å². The Balaban J connectivity index is 2.03. The number of hydrogen-bond donors (Lipinski definition) is 0. The third-order valence-corrected chi connectivity index (χ3v) is 3.95. The highest BCUT2D eigenvalue weighted by Gasteiger charge is 2.30. The van der Waals surface area contributed by atoms with Crippen LogP contribution in [0.1, 0.15) is 19.0 Å². The summed E-state index contributed by atoms with van der Waals surface area (Å²) in [7, 11) is 0. The molecule has 0 bridgehead atoms. The summed E-state index contributed by atoms with van der Waals surface area (Å²) in [6.07, 6.45) is 2.00. The van der Waals surface area contributed by atoms with Crippen molar-refractivity contribution < 1.29 is 9.59 Å². The SMILES string of the molecule is CC(=O)SCC1CC(=O)N(c2ccc(C#N)nc2)C1. The summed E-state index contributed by atoms with van der Waals surface area (Å²) in [4.78, 5) is 28.5. The van der Waals surface area contributed by atoms with Crippen molar-refractivity contribution in [1.29, 1.82) is 5.26 Å². The molecule has 0 aliphatic carbocycles. The molecular formula is C13H13N3O2S.